The molecule has 0 radical (unpaired) electrons. The van der Waals surface area contributed by atoms with Gasteiger partial charge < -0.3 is 4.57 Å². The maximum Gasteiger partial charge on any atom is 0.283 e. The normalized spacial score (nSPS) is 17.9. The SMILES string of the molecule is CC1=NN2C(=N)/C(=C\c3cc(C)n(-c4c(C)cccc4C)c3C)C(=O)N=C2S1. The van der Waals surface area contributed by atoms with Crippen LogP contribution >= 0.6 is 11.8 Å². The Labute approximate surface area is 168 Å². The van der Waals surface area contributed by atoms with Crippen molar-refractivity contribution in [1.82, 2.24) is 9.58 Å². The Balaban J connectivity index is 1.82. The van der Waals surface area contributed by atoms with Gasteiger partial charge in [0.05, 0.1) is 16.3 Å². The van der Waals surface area contributed by atoms with Crippen molar-refractivity contribution < 1.29 is 4.79 Å². The van der Waals surface area contributed by atoms with Crippen LogP contribution in [0.3, 0.4) is 0 Å². The number of carbonyl (C=O) groups is 1. The summed E-state index contributed by atoms with van der Waals surface area (Å²) >= 11 is 1.31. The maximum atomic E-state index is 12.5. The number of thioether (sulfide) groups is 1. The molecule has 1 aromatic carbocycles. The molecule has 7 heteroatoms. The number of benzene rings is 1. The summed E-state index contributed by atoms with van der Waals surface area (Å²) in [7, 11) is 0. The van der Waals surface area contributed by atoms with Crippen molar-refractivity contribution in [3.05, 3.63) is 57.9 Å². The minimum absolute atomic E-state index is 0.0659. The number of fused-ring (bicyclic) bond motifs is 1. The van der Waals surface area contributed by atoms with E-state index in [2.05, 4.69) is 53.6 Å². The fourth-order valence-corrected chi connectivity index (χ4v) is 4.41. The molecule has 0 spiro atoms. The quantitative estimate of drug-likeness (QED) is 0.774. The number of amides is 1. The fraction of sp³-hybridized carbons (Fsp3) is 0.238. The lowest BCUT2D eigenvalue weighted by molar-refractivity contribution is -0.114. The molecule has 0 aliphatic carbocycles. The molecule has 4 rings (SSSR count). The number of hydrazone groups is 1. The molecule has 1 N–H and O–H groups in total. The van der Waals surface area contributed by atoms with Gasteiger partial charge in [0.2, 0.25) is 5.17 Å². The van der Waals surface area contributed by atoms with Gasteiger partial charge in [-0.2, -0.15) is 15.1 Å². The van der Waals surface area contributed by atoms with Crippen LogP contribution in [0.4, 0.5) is 0 Å². The van der Waals surface area contributed by atoms with Gasteiger partial charge in [-0.15, -0.1) is 0 Å². The van der Waals surface area contributed by atoms with E-state index in [4.69, 9.17) is 5.41 Å². The van der Waals surface area contributed by atoms with Gasteiger partial charge in [-0.1, -0.05) is 18.2 Å². The molecule has 3 heterocycles. The number of nitrogens with one attached hydrogen (secondary N) is 1. The van der Waals surface area contributed by atoms with Gasteiger partial charge in [-0.25, -0.2) is 0 Å². The molecule has 28 heavy (non-hydrogen) atoms. The lowest BCUT2D eigenvalue weighted by Crippen LogP contribution is -2.35. The second-order valence-electron chi connectivity index (χ2n) is 7.04. The standard InChI is InChI=1S/C21H21N5OS/c1-11-7-6-8-12(2)18(11)25-13(3)9-16(14(25)4)10-17-19(22)26-21(23-20(17)27)28-15(5)24-26/h6-10,22H,1-5H3/b17-10+,22-19?. The van der Waals surface area contributed by atoms with Crippen LogP contribution in [0.1, 0.15) is 35.0 Å². The van der Waals surface area contributed by atoms with Crippen LogP contribution in [-0.4, -0.2) is 31.5 Å². The van der Waals surface area contributed by atoms with Crippen molar-refractivity contribution in [2.45, 2.75) is 34.6 Å². The van der Waals surface area contributed by atoms with Gasteiger partial charge in [0, 0.05) is 11.4 Å². The molecule has 0 bridgehead atoms. The number of aromatic nitrogens is 1. The van der Waals surface area contributed by atoms with E-state index in [1.54, 1.807) is 6.08 Å². The zero-order chi connectivity index (χ0) is 20.2. The van der Waals surface area contributed by atoms with E-state index in [1.165, 1.54) is 27.9 Å². The smallest absolute Gasteiger partial charge is 0.283 e. The minimum atomic E-state index is -0.398. The molecule has 6 nitrogen and oxygen atoms in total. The molecule has 0 atom stereocenters. The number of amidine groups is 2. The summed E-state index contributed by atoms with van der Waals surface area (Å²) in [6, 6.07) is 8.29. The molecule has 1 aromatic heterocycles. The van der Waals surface area contributed by atoms with Crippen LogP contribution in [0.2, 0.25) is 0 Å². The third kappa shape index (κ3) is 2.82. The summed E-state index contributed by atoms with van der Waals surface area (Å²) in [5.74, 6) is -0.332. The van der Waals surface area contributed by atoms with Gasteiger partial charge in [-0.05, 0) is 75.2 Å². The highest BCUT2D eigenvalue weighted by Gasteiger charge is 2.34. The first-order valence-corrected chi connectivity index (χ1v) is 9.82. The summed E-state index contributed by atoms with van der Waals surface area (Å²) in [5, 5.41) is 15.4. The van der Waals surface area contributed by atoms with E-state index < -0.39 is 5.91 Å². The van der Waals surface area contributed by atoms with E-state index in [0.29, 0.717) is 5.17 Å². The van der Waals surface area contributed by atoms with E-state index in [9.17, 15) is 4.79 Å². The molecule has 2 aromatic rings. The van der Waals surface area contributed by atoms with E-state index in [-0.39, 0.29) is 11.4 Å². The Hall–Kier alpha value is -2.93. The molecular formula is C21H21N5OS. The van der Waals surface area contributed by atoms with Crippen LogP contribution in [0.5, 0.6) is 0 Å². The summed E-state index contributed by atoms with van der Waals surface area (Å²) in [6.07, 6.45) is 1.76. The minimum Gasteiger partial charge on any atom is -0.317 e. The average molecular weight is 392 g/mol. The van der Waals surface area contributed by atoms with Crippen LogP contribution in [-0.2, 0) is 4.79 Å². The first-order valence-electron chi connectivity index (χ1n) is 9.00. The number of aryl methyl sites for hydroxylation is 3. The number of nitrogens with zero attached hydrogens (tertiary/aromatic N) is 4. The van der Waals surface area contributed by atoms with Gasteiger partial charge in [-0.3, -0.25) is 10.2 Å². The molecule has 0 unspecified atom stereocenters. The Morgan fingerprint density at radius 1 is 1.11 bits per heavy atom. The number of para-hydroxylation sites is 1. The molecule has 2 aliphatic heterocycles. The van der Waals surface area contributed by atoms with Crippen molar-refractivity contribution >= 4 is 39.8 Å². The third-order valence-electron chi connectivity index (χ3n) is 4.99. The van der Waals surface area contributed by atoms with Gasteiger partial charge in [0.25, 0.3) is 5.91 Å². The van der Waals surface area contributed by atoms with Crippen LogP contribution in [0, 0.1) is 33.1 Å². The Morgan fingerprint density at radius 3 is 2.46 bits per heavy atom. The van der Waals surface area contributed by atoms with Gasteiger partial charge in [0.1, 0.15) is 0 Å². The molecule has 0 fully saturated rings. The predicted octanol–water partition coefficient (Wildman–Crippen LogP) is 4.35. The van der Waals surface area contributed by atoms with Crippen molar-refractivity contribution in [1.29, 1.82) is 5.41 Å². The zero-order valence-corrected chi connectivity index (χ0v) is 17.3. The van der Waals surface area contributed by atoms with E-state index >= 15 is 0 Å². The lowest BCUT2D eigenvalue weighted by atomic mass is 10.1. The summed E-state index contributed by atoms with van der Waals surface area (Å²) < 4.78 is 2.21. The number of carbonyl (C=O) groups excluding carboxylic acids is 1. The lowest BCUT2D eigenvalue weighted by Gasteiger charge is -2.20. The number of hydrogen-bond acceptors (Lipinski definition) is 4. The van der Waals surface area contributed by atoms with E-state index in [1.807, 2.05) is 19.9 Å². The monoisotopic (exact) mass is 391 g/mol. The first kappa shape index (κ1) is 18.4. The van der Waals surface area contributed by atoms with E-state index in [0.717, 1.165) is 27.7 Å². The first-order chi connectivity index (χ1) is 13.3. The molecular weight excluding hydrogens is 370 g/mol. The second-order valence-corrected chi connectivity index (χ2v) is 8.20. The highest BCUT2D eigenvalue weighted by Crippen LogP contribution is 2.30. The molecule has 1 amide bonds. The second kappa shape index (κ2) is 6.60. The fourth-order valence-electron chi connectivity index (χ4n) is 3.68. The van der Waals surface area contributed by atoms with Crippen LogP contribution in [0.25, 0.3) is 11.8 Å². The van der Waals surface area contributed by atoms with Crippen molar-refractivity contribution in [3.8, 4) is 5.69 Å². The Morgan fingerprint density at radius 2 is 1.79 bits per heavy atom. The van der Waals surface area contributed by atoms with Gasteiger partial charge >= 0.3 is 0 Å². The van der Waals surface area contributed by atoms with Crippen molar-refractivity contribution in [3.63, 3.8) is 0 Å². The number of rotatable bonds is 2. The maximum absolute atomic E-state index is 12.5. The largest absolute Gasteiger partial charge is 0.317 e. The Bertz CT molecular complexity index is 1120. The van der Waals surface area contributed by atoms with Crippen LogP contribution in [0.15, 0.2) is 39.9 Å². The summed E-state index contributed by atoms with van der Waals surface area (Å²) in [4.78, 5) is 16.6. The third-order valence-corrected chi connectivity index (χ3v) is 5.81. The zero-order valence-electron chi connectivity index (χ0n) is 16.5. The molecule has 142 valence electrons. The molecule has 0 saturated carbocycles. The highest BCUT2D eigenvalue weighted by atomic mass is 32.2. The van der Waals surface area contributed by atoms with Crippen molar-refractivity contribution in [2.75, 3.05) is 0 Å². The number of aliphatic imine (C=N–C) groups is 1. The van der Waals surface area contributed by atoms with Gasteiger partial charge in [0.15, 0.2) is 5.84 Å². The highest BCUT2D eigenvalue weighted by molar-refractivity contribution is 8.26. The molecule has 2 aliphatic rings. The predicted molar refractivity (Wildman–Crippen MR) is 115 cm³/mol. The summed E-state index contributed by atoms with van der Waals surface area (Å²) in [5.41, 5.74) is 6.79. The summed E-state index contributed by atoms with van der Waals surface area (Å²) in [6.45, 7) is 10.1. The van der Waals surface area contributed by atoms with Crippen LogP contribution < -0.4 is 0 Å². The number of hydrogen-bond donors (Lipinski definition) is 1. The Kier molecular flexibility index (Phi) is 4.34. The topological polar surface area (TPSA) is 73.8 Å². The average Bonchev–Trinajstić information content (AvgIpc) is 3.12. The van der Waals surface area contributed by atoms with Crippen molar-refractivity contribution in [2.24, 2.45) is 10.1 Å². The molecule has 0 saturated heterocycles.